The molecule has 0 aliphatic carbocycles. The molecule has 1 aliphatic heterocycles. The van der Waals surface area contributed by atoms with E-state index in [2.05, 4.69) is 15.7 Å². The predicted molar refractivity (Wildman–Crippen MR) is 86.0 cm³/mol. The zero-order chi connectivity index (χ0) is 17.7. The summed E-state index contributed by atoms with van der Waals surface area (Å²) in [7, 11) is 1.83. The highest BCUT2D eigenvalue weighted by Crippen LogP contribution is 2.30. The number of nitrogens with zero attached hydrogens (tertiary/aromatic N) is 2. The van der Waals surface area contributed by atoms with Crippen LogP contribution in [0.4, 0.5) is 0 Å². The number of carboxylic acid groups (broad SMARTS) is 1. The lowest BCUT2D eigenvalue weighted by Crippen LogP contribution is -2.43. The fraction of sp³-hybridized carbons (Fsp3) is 0.625. The van der Waals surface area contributed by atoms with Crippen LogP contribution in [0.25, 0.3) is 0 Å². The number of aromatic nitrogens is 2. The fourth-order valence-corrected chi connectivity index (χ4v) is 3.08. The van der Waals surface area contributed by atoms with Crippen molar-refractivity contribution in [1.29, 1.82) is 0 Å². The molecule has 0 aromatic carbocycles. The summed E-state index contributed by atoms with van der Waals surface area (Å²) < 4.78 is 1.70. The van der Waals surface area contributed by atoms with E-state index in [9.17, 15) is 14.4 Å². The first-order valence-electron chi connectivity index (χ1n) is 8.08. The molecule has 0 unspecified atom stereocenters. The van der Waals surface area contributed by atoms with E-state index in [-0.39, 0.29) is 24.7 Å². The van der Waals surface area contributed by atoms with Crippen molar-refractivity contribution < 1.29 is 19.5 Å². The fourth-order valence-electron chi connectivity index (χ4n) is 3.08. The minimum Gasteiger partial charge on any atom is -0.481 e. The van der Waals surface area contributed by atoms with Crippen LogP contribution in [0.5, 0.6) is 0 Å². The molecule has 1 atom stereocenters. The maximum absolute atomic E-state index is 12.1. The molecule has 0 radical (unpaired) electrons. The van der Waals surface area contributed by atoms with Gasteiger partial charge in [0.2, 0.25) is 11.8 Å². The molecule has 2 heterocycles. The van der Waals surface area contributed by atoms with Gasteiger partial charge in [0.15, 0.2) is 0 Å². The molecule has 0 bridgehead atoms. The van der Waals surface area contributed by atoms with Crippen molar-refractivity contribution in [2.75, 3.05) is 0 Å². The van der Waals surface area contributed by atoms with Crippen LogP contribution in [0.15, 0.2) is 6.20 Å². The van der Waals surface area contributed by atoms with Gasteiger partial charge in [-0.1, -0.05) is 0 Å². The molecule has 2 amide bonds. The van der Waals surface area contributed by atoms with E-state index in [0.29, 0.717) is 32.2 Å². The van der Waals surface area contributed by atoms with Crippen LogP contribution in [-0.2, 0) is 28.0 Å². The number of aliphatic carboxylic acids is 1. The van der Waals surface area contributed by atoms with Gasteiger partial charge < -0.3 is 15.7 Å². The van der Waals surface area contributed by atoms with E-state index in [1.165, 1.54) is 0 Å². The largest absolute Gasteiger partial charge is 0.481 e. The predicted octanol–water partition coefficient (Wildman–Crippen LogP) is 0.639. The van der Waals surface area contributed by atoms with Crippen LogP contribution < -0.4 is 10.6 Å². The Kier molecular flexibility index (Phi) is 5.58. The van der Waals surface area contributed by atoms with Crippen molar-refractivity contribution in [2.45, 2.75) is 57.5 Å². The van der Waals surface area contributed by atoms with Gasteiger partial charge in [-0.2, -0.15) is 5.10 Å². The molecule has 3 N–H and O–H groups in total. The average Bonchev–Trinajstić information content (AvgIpc) is 3.04. The van der Waals surface area contributed by atoms with Crippen molar-refractivity contribution in [1.82, 2.24) is 20.4 Å². The molecule has 1 aliphatic rings. The summed E-state index contributed by atoms with van der Waals surface area (Å²) in [5, 5.41) is 18.8. The van der Waals surface area contributed by atoms with Gasteiger partial charge >= 0.3 is 5.97 Å². The molecule has 8 nitrogen and oxygen atoms in total. The highest BCUT2D eigenvalue weighted by Gasteiger charge is 2.37. The topological polar surface area (TPSA) is 113 Å². The van der Waals surface area contributed by atoms with Gasteiger partial charge in [0.05, 0.1) is 5.69 Å². The third-order valence-electron chi connectivity index (χ3n) is 4.47. The van der Waals surface area contributed by atoms with Crippen molar-refractivity contribution in [3.8, 4) is 0 Å². The summed E-state index contributed by atoms with van der Waals surface area (Å²) in [6.07, 6.45) is 3.86. The highest BCUT2D eigenvalue weighted by molar-refractivity contribution is 5.80. The number of aryl methyl sites for hydroxylation is 2. The second kappa shape index (κ2) is 7.46. The monoisotopic (exact) mass is 336 g/mol. The van der Waals surface area contributed by atoms with Crippen molar-refractivity contribution in [3.05, 3.63) is 17.5 Å². The third-order valence-corrected chi connectivity index (χ3v) is 4.47. The number of rotatable bonds is 8. The summed E-state index contributed by atoms with van der Waals surface area (Å²) in [5.41, 5.74) is 1.26. The summed E-state index contributed by atoms with van der Waals surface area (Å²) in [6.45, 7) is 2.30. The van der Waals surface area contributed by atoms with Crippen LogP contribution in [0, 0.1) is 6.92 Å². The molecular formula is C16H24N4O4. The lowest BCUT2D eigenvalue weighted by atomic mass is 9.86. The van der Waals surface area contributed by atoms with Gasteiger partial charge in [-0.05, 0) is 26.2 Å². The van der Waals surface area contributed by atoms with E-state index in [4.69, 9.17) is 5.11 Å². The second-order valence-electron chi connectivity index (χ2n) is 6.41. The number of amides is 2. The number of hydrogen-bond donors (Lipinski definition) is 3. The Labute approximate surface area is 140 Å². The normalized spacial score (nSPS) is 20.0. The lowest BCUT2D eigenvalue weighted by Gasteiger charge is -2.28. The van der Waals surface area contributed by atoms with Gasteiger partial charge in [0, 0.05) is 50.2 Å². The molecule has 8 heteroatoms. The van der Waals surface area contributed by atoms with Crippen LogP contribution in [0.3, 0.4) is 0 Å². The standard InChI is InChI=1S/C16H24N4O4/c1-11-12(10-20(2)19-11)9-17-13(21)3-6-16(8-5-15(23)24)7-4-14(22)18-16/h10H,3-9H2,1-2H3,(H,17,21)(H,18,22)(H,23,24)/t16-/m0/s1. The van der Waals surface area contributed by atoms with E-state index in [1.807, 2.05) is 20.2 Å². The summed E-state index contributed by atoms with van der Waals surface area (Å²) in [6, 6.07) is 0. The van der Waals surface area contributed by atoms with E-state index < -0.39 is 11.5 Å². The van der Waals surface area contributed by atoms with Gasteiger partial charge in [-0.25, -0.2) is 0 Å². The number of carbonyl (C=O) groups excluding carboxylic acids is 2. The first-order chi connectivity index (χ1) is 11.3. The second-order valence-corrected chi connectivity index (χ2v) is 6.41. The zero-order valence-electron chi connectivity index (χ0n) is 14.1. The number of nitrogens with one attached hydrogen (secondary N) is 2. The van der Waals surface area contributed by atoms with E-state index in [0.717, 1.165) is 11.3 Å². The number of carbonyl (C=O) groups is 3. The molecule has 1 saturated heterocycles. The zero-order valence-corrected chi connectivity index (χ0v) is 14.1. The smallest absolute Gasteiger partial charge is 0.303 e. The first kappa shape index (κ1) is 18.0. The highest BCUT2D eigenvalue weighted by atomic mass is 16.4. The molecule has 2 rings (SSSR count). The minimum absolute atomic E-state index is 0.0171. The lowest BCUT2D eigenvalue weighted by molar-refractivity contribution is -0.137. The van der Waals surface area contributed by atoms with Crippen molar-refractivity contribution in [2.24, 2.45) is 7.05 Å². The molecule has 0 saturated carbocycles. The quantitative estimate of drug-likeness (QED) is 0.645. The van der Waals surface area contributed by atoms with Crippen molar-refractivity contribution in [3.63, 3.8) is 0 Å². The maximum Gasteiger partial charge on any atom is 0.303 e. The number of hydrogen-bond acceptors (Lipinski definition) is 4. The van der Waals surface area contributed by atoms with Gasteiger partial charge in [-0.3, -0.25) is 19.1 Å². The third kappa shape index (κ3) is 4.81. The van der Waals surface area contributed by atoms with Gasteiger partial charge in [0.25, 0.3) is 0 Å². The Bertz CT molecular complexity index is 640. The summed E-state index contributed by atoms with van der Waals surface area (Å²) >= 11 is 0. The Hall–Kier alpha value is -2.38. The van der Waals surface area contributed by atoms with Crippen LogP contribution in [-0.4, -0.2) is 38.2 Å². The molecule has 1 aromatic heterocycles. The Morgan fingerprint density at radius 2 is 2.12 bits per heavy atom. The minimum atomic E-state index is -0.896. The average molecular weight is 336 g/mol. The van der Waals surface area contributed by atoms with Gasteiger partial charge in [-0.15, -0.1) is 0 Å². The molecule has 24 heavy (non-hydrogen) atoms. The molecular weight excluding hydrogens is 312 g/mol. The SMILES string of the molecule is Cc1nn(C)cc1CNC(=O)CC[C@@]1(CCC(=O)O)CCC(=O)N1. The van der Waals surface area contributed by atoms with Crippen molar-refractivity contribution >= 4 is 17.8 Å². The Morgan fingerprint density at radius 1 is 1.42 bits per heavy atom. The molecule has 1 fully saturated rings. The molecule has 0 spiro atoms. The molecule has 132 valence electrons. The molecule has 1 aromatic rings. The number of carboxylic acids is 1. The first-order valence-corrected chi connectivity index (χ1v) is 8.08. The van der Waals surface area contributed by atoms with Crippen LogP contribution >= 0.6 is 0 Å². The van der Waals surface area contributed by atoms with Crippen LogP contribution in [0.1, 0.15) is 49.8 Å². The Balaban J connectivity index is 1.84. The Morgan fingerprint density at radius 3 is 2.67 bits per heavy atom. The van der Waals surface area contributed by atoms with E-state index >= 15 is 0 Å². The van der Waals surface area contributed by atoms with Crippen LogP contribution in [0.2, 0.25) is 0 Å². The van der Waals surface area contributed by atoms with E-state index in [1.54, 1.807) is 4.68 Å². The maximum atomic E-state index is 12.1. The summed E-state index contributed by atoms with van der Waals surface area (Å²) in [4.78, 5) is 34.4. The van der Waals surface area contributed by atoms with Gasteiger partial charge in [0.1, 0.15) is 0 Å². The summed E-state index contributed by atoms with van der Waals surface area (Å²) in [5.74, 6) is -1.09.